The Labute approximate surface area is 111 Å². The first kappa shape index (κ1) is 13.3. The molecule has 0 saturated carbocycles. The predicted octanol–water partition coefficient (Wildman–Crippen LogP) is 2.92. The van der Waals surface area contributed by atoms with Gasteiger partial charge in [0.2, 0.25) is 0 Å². The van der Waals surface area contributed by atoms with Crippen LogP contribution in [0.2, 0.25) is 5.15 Å². The van der Waals surface area contributed by atoms with Gasteiger partial charge in [-0.05, 0) is 12.1 Å². The first-order valence-corrected chi connectivity index (χ1v) is 5.50. The number of ether oxygens (including phenoxy) is 1. The Balaban J connectivity index is 2.16. The molecule has 1 aromatic carbocycles. The molecule has 2 N–H and O–H groups in total. The maximum atomic E-state index is 12.2. The van der Waals surface area contributed by atoms with Gasteiger partial charge in [-0.25, -0.2) is 0 Å². The molecule has 5 nitrogen and oxygen atoms in total. The van der Waals surface area contributed by atoms with Gasteiger partial charge in [-0.15, -0.1) is 0 Å². The highest BCUT2D eigenvalue weighted by molar-refractivity contribution is 6.29. The minimum atomic E-state index is -2.97. The molecule has 100 valence electrons. The monoisotopic (exact) mass is 287 g/mol. The third-order valence-corrected chi connectivity index (χ3v) is 2.32. The van der Waals surface area contributed by atoms with Crippen LogP contribution in [0.3, 0.4) is 0 Å². The van der Waals surface area contributed by atoms with Crippen LogP contribution < -0.4 is 10.1 Å². The molecule has 0 saturated heterocycles. The Kier molecular flexibility index (Phi) is 3.96. The summed E-state index contributed by atoms with van der Waals surface area (Å²) in [4.78, 5) is 11.8. The van der Waals surface area contributed by atoms with Crippen LogP contribution in [0.1, 0.15) is 10.5 Å². The summed E-state index contributed by atoms with van der Waals surface area (Å²) < 4.78 is 28.7. The minimum absolute atomic E-state index is 0.0388. The van der Waals surface area contributed by atoms with Gasteiger partial charge in [0, 0.05) is 6.07 Å². The third kappa shape index (κ3) is 3.41. The maximum Gasteiger partial charge on any atom is 0.387 e. The molecule has 0 unspecified atom stereocenters. The number of aromatic nitrogens is 2. The van der Waals surface area contributed by atoms with Crippen molar-refractivity contribution in [1.29, 1.82) is 0 Å². The average Bonchev–Trinajstić information content (AvgIpc) is 2.78. The number of anilines is 1. The van der Waals surface area contributed by atoms with Gasteiger partial charge in [-0.3, -0.25) is 9.89 Å². The van der Waals surface area contributed by atoms with Crippen LogP contribution in [-0.2, 0) is 0 Å². The number of alkyl halides is 2. The Morgan fingerprint density at radius 3 is 2.79 bits per heavy atom. The van der Waals surface area contributed by atoms with E-state index in [1.54, 1.807) is 6.07 Å². The minimum Gasteiger partial charge on any atom is -0.433 e. The summed E-state index contributed by atoms with van der Waals surface area (Å²) in [6.45, 7) is -2.97. The highest BCUT2D eigenvalue weighted by Crippen LogP contribution is 2.25. The average molecular weight is 288 g/mol. The van der Waals surface area contributed by atoms with Crippen molar-refractivity contribution in [2.45, 2.75) is 6.61 Å². The number of rotatable bonds is 4. The van der Waals surface area contributed by atoms with Crippen LogP contribution in [0.4, 0.5) is 14.5 Å². The van der Waals surface area contributed by atoms with Crippen LogP contribution in [0, 0.1) is 0 Å². The van der Waals surface area contributed by atoms with E-state index >= 15 is 0 Å². The number of hydrogen-bond donors (Lipinski definition) is 2. The fourth-order valence-corrected chi connectivity index (χ4v) is 1.52. The molecule has 1 aromatic heterocycles. The van der Waals surface area contributed by atoms with Gasteiger partial charge in [0.05, 0.1) is 5.69 Å². The van der Waals surface area contributed by atoms with Crippen molar-refractivity contribution >= 4 is 23.2 Å². The first-order chi connectivity index (χ1) is 9.06. The van der Waals surface area contributed by atoms with E-state index in [9.17, 15) is 13.6 Å². The van der Waals surface area contributed by atoms with E-state index in [4.69, 9.17) is 11.6 Å². The molecule has 19 heavy (non-hydrogen) atoms. The van der Waals surface area contributed by atoms with Gasteiger partial charge in [0.25, 0.3) is 5.91 Å². The van der Waals surface area contributed by atoms with E-state index in [1.165, 1.54) is 24.3 Å². The summed E-state index contributed by atoms with van der Waals surface area (Å²) in [6.07, 6.45) is 0. The number of hydrogen-bond acceptors (Lipinski definition) is 3. The highest BCUT2D eigenvalue weighted by Gasteiger charge is 2.14. The van der Waals surface area contributed by atoms with Gasteiger partial charge >= 0.3 is 6.61 Å². The molecular formula is C11H8ClF2N3O2. The van der Waals surface area contributed by atoms with Crippen molar-refractivity contribution in [3.05, 3.63) is 41.2 Å². The van der Waals surface area contributed by atoms with Crippen LogP contribution in [0.5, 0.6) is 5.75 Å². The SMILES string of the molecule is O=C(Nc1ccccc1OC(F)F)c1cc(Cl)[nH]n1. The number of benzene rings is 1. The topological polar surface area (TPSA) is 67.0 Å². The second-order valence-corrected chi connectivity index (χ2v) is 3.84. The van der Waals surface area contributed by atoms with Crippen LogP contribution in [0.15, 0.2) is 30.3 Å². The lowest BCUT2D eigenvalue weighted by molar-refractivity contribution is -0.0493. The molecule has 0 aliphatic rings. The summed E-state index contributed by atoms with van der Waals surface area (Å²) in [5.74, 6) is -0.721. The van der Waals surface area contributed by atoms with E-state index in [0.29, 0.717) is 0 Å². The van der Waals surface area contributed by atoms with Crippen LogP contribution in [0.25, 0.3) is 0 Å². The molecule has 0 fully saturated rings. The maximum absolute atomic E-state index is 12.2. The first-order valence-electron chi connectivity index (χ1n) is 5.12. The Morgan fingerprint density at radius 2 is 2.16 bits per heavy atom. The van der Waals surface area contributed by atoms with Crippen LogP contribution >= 0.6 is 11.6 Å². The lowest BCUT2D eigenvalue weighted by Crippen LogP contribution is -2.14. The van der Waals surface area contributed by atoms with Gasteiger partial charge < -0.3 is 10.1 Å². The molecule has 0 aliphatic heterocycles. The molecule has 2 rings (SSSR count). The lowest BCUT2D eigenvalue weighted by Gasteiger charge is -2.10. The smallest absolute Gasteiger partial charge is 0.387 e. The molecular weight excluding hydrogens is 280 g/mol. The Bertz CT molecular complexity index is 589. The number of amides is 1. The number of nitrogens with zero attached hydrogens (tertiary/aromatic N) is 1. The van der Waals surface area contributed by atoms with Gasteiger partial charge in [0.1, 0.15) is 10.9 Å². The summed E-state index contributed by atoms with van der Waals surface area (Å²) >= 11 is 5.59. The predicted molar refractivity (Wildman–Crippen MR) is 64.6 cm³/mol. The van der Waals surface area contributed by atoms with Crippen molar-refractivity contribution in [1.82, 2.24) is 10.2 Å². The molecule has 0 atom stereocenters. The molecule has 2 aromatic rings. The molecule has 0 radical (unpaired) electrons. The number of halogens is 3. The Morgan fingerprint density at radius 1 is 1.42 bits per heavy atom. The summed E-state index contributed by atoms with van der Waals surface area (Å²) in [5, 5.41) is 8.63. The number of H-pyrrole nitrogens is 1. The Hall–Kier alpha value is -2.15. The molecule has 1 heterocycles. The number of aromatic amines is 1. The van der Waals surface area contributed by atoms with Gasteiger partial charge in [-0.2, -0.15) is 13.9 Å². The van der Waals surface area contributed by atoms with Crippen molar-refractivity contribution < 1.29 is 18.3 Å². The second kappa shape index (κ2) is 5.66. The third-order valence-electron chi connectivity index (χ3n) is 2.13. The summed E-state index contributed by atoms with van der Waals surface area (Å²) in [6, 6.07) is 7.15. The number of carbonyl (C=O) groups is 1. The lowest BCUT2D eigenvalue weighted by atomic mass is 10.3. The van der Waals surface area contributed by atoms with Crippen molar-refractivity contribution in [3.63, 3.8) is 0 Å². The van der Waals surface area contributed by atoms with E-state index in [-0.39, 0.29) is 22.3 Å². The largest absolute Gasteiger partial charge is 0.433 e. The normalized spacial score (nSPS) is 10.5. The molecule has 0 bridgehead atoms. The molecule has 1 amide bonds. The van der Waals surface area contributed by atoms with Crippen LogP contribution in [-0.4, -0.2) is 22.7 Å². The standard InChI is InChI=1S/C11H8ClF2N3O2/c12-9-5-7(16-17-9)10(18)15-6-3-1-2-4-8(6)19-11(13)14/h1-5,11H,(H,15,18)(H,16,17). The zero-order valence-electron chi connectivity index (χ0n) is 9.36. The fraction of sp³-hybridized carbons (Fsp3) is 0.0909. The van der Waals surface area contributed by atoms with E-state index < -0.39 is 12.5 Å². The molecule has 8 heteroatoms. The molecule has 0 aliphatic carbocycles. The number of carbonyl (C=O) groups excluding carboxylic acids is 1. The van der Waals surface area contributed by atoms with Crippen molar-refractivity contribution in [2.75, 3.05) is 5.32 Å². The number of nitrogens with one attached hydrogen (secondary N) is 2. The quantitative estimate of drug-likeness (QED) is 0.908. The molecule has 0 spiro atoms. The van der Waals surface area contributed by atoms with Crippen molar-refractivity contribution in [3.8, 4) is 5.75 Å². The van der Waals surface area contributed by atoms with Gasteiger partial charge in [0.15, 0.2) is 5.69 Å². The summed E-state index contributed by atoms with van der Waals surface area (Å²) in [5.41, 5.74) is 0.156. The van der Waals surface area contributed by atoms with E-state index in [2.05, 4.69) is 20.3 Å². The second-order valence-electron chi connectivity index (χ2n) is 3.43. The fourth-order valence-electron chi connectivity index (χ4n) is 1.37. The number of para-hydroxylation sites is 2. The van der Waals surface area contributed by atoms with E-state index in [0.717, 1.165) is 0 Å². The summed E-state index contributed by atoms with van der Waals surface area (Å²) in [7, 11) is 0. The van der Waals surface area contributed by atoms with Gasteiger partial charge in [-0.1, -0.05) is 23.7 Å². The van der Waals surface area contributed by atoms with E-state index in [1.807, 2.05) is 0 Å². The zero-order valence-corrected chi connectivity index (χ0v) is 10.1. The van der Waals surface area contributed by atoms with Crippen molar-refractivity contribution in [2.24, 2.45) is 0 Å². The highest BCUT2D eigenvalue weighted by atomic mass is 35.5. The zero-order chi connectivity index (χ0) is 13.8.